The summed E-state index contributed by atoms with van der Waals surface area (Å²) in [6.07, 6.45) is 2.94. The second-order valence-corrected chi connectivity index (χ2v) is 5.79. The number of hydrogen-bond acceptors (Lipinski definition) is 2. The van der Waals surface area contributed by atoms with E-state index in [9.17, 15) is 4.79 Å². The van der Waals surface area contributed by atoms with Crippen LogP contribution in [0.2, 0.25) is 0 Å². The lowest BCUT2D eigenvalue weighted by atomic mass is 9.81. The first-order valence-electron chi connectivity index (χ1n) is 7.16. The van der Waals surface area contributed by atoms with E-state index in [2.05, 4.69) is 37.5 Å². The average Bonchev–Trinajstić information content (AvgIpc) is 2.78. The summed E-state index contributed by atoms with van der Waals surface area (Å²) in [5.41, 5.74) is 3.07. The Morgan fingerprint density at radius 2 is 2.00 bits per heavy atom. The van der Waals surface area contributed by atoms with Gasteiger partial charge in [0.1, 0.15) is 0 Å². The summed E-state index contributed by atoms with van der Waals surface area (Å²) in [5.74, 6) is 0.171. The molecule has 104 valence electrons. The molecule has 1 saturated heterocycles. The van der Waals surface area contributed by atoms with Crippen LogP contribution in [0.5, 0.6) is 0 Å². The molecular weight excluding hydrogens is 236 g/mol. The second kappa shape index (κ2) is 5.74. The molecule has 0 aliphatic carbocycles. The molecule has 0 radical (unpaired) electrons. The molecule has 1 fully saturated rings. The van der Waals surface area contributed by atoms with Gasteiger partial charge in [-0.05, 0) is 56.5 Å². The van der Waals surface area contributed by atoms with Gasteiger partial charge >= 0.3 is 0 Å². The van der Waals surface area contributed by atoms with Crippen LogP contribution in [-0.4, -0.2) is 19.0 Å². The summed E-state index contributed by atoms with van der Waals surface area (Å²) in [5, 5.41) is 6.44. The Labute approximate surface area is 115 Å². The molecule has 2 rings (SSSR count). The van der Waals surface area contributed by atoms with E-state index in [1.165, 1.54) is 11.1 Å². The summed E-state index contributed by atoms with van der Waals surface area (Å²) in [4.78, 5) is 12.6. The van der Waals surface area contributed by atoms with Gasteiger partial charge in [0.15, 0.2) is 0 Å². The first-order chi connectivity index (χ1) is 9.05. The monoisotopic (exact) mass is 260 g/mol. The van der Waals surface area contributed by atoms with Crippen LogP contribution in [-0.2, 0) is 4.79 Å². The van der Waals surface area contributed by atoms with Crippen LogP contribution >= 0.6 is 0 Å². The third kappa shape index (κ3) is 3.16. The fraction of sp³-hybridized carbons (Fsp3) is 0.562. The topological polar surface area (TPSA) is 41.1 Å². The molecule has 1 aliphatic rings. The van der Waals surface area contributed by atoms with Crippen molar-refractivity contribution in [1.29, 1.82) is 0 Å². The number of nitrogens with one attached hydrogen (secondary N) is 2. The lowest BCUT2D eigenvalue weighted by molar-refractivity contribution is -0.125. The minimum absolute atomic E-state index is 0.171. The summed E-state index contributed by atoms with van der Waals surface area (Å²) in [6, 6.07) is 6.19. The number of carbonyl (C=O) groups excluding carboxylic acids is 1. The average molecular weight is 260 g/mol. The number of carbonyl (C=O) groups is 1. The zero-order valence-corrected chi connectivity index (χ0v) is 12.2. The third-order valence-corrected chi connectivity index (χ3v) is 3.93. The highest BCUT2D eigenvalue weighted by molar-refractivity contribution is 5.95. The van der Waals surface area contributed by atoms with Gasteiger partial charge in [0, 0.05) is 12.2 Å². The van der Waals surface area contributed by atoms with Crippen LogP contribution in [0.15, 0.2) is 18.2 Å². The Hall–Kier alpha value is -1.35. The van der Waals surface area contributed by atoms with Crippen LogP contribution in [0.3, 0.4) is 0 Å². The first kappa shape index (κ1) is 14.1. The highest BCUT2D eigenvalue weighted by atomic mass is 16.2. The highest BCUT2D eigenvalue weighted by Crippen LogP contribution is 2.32. The fourth-order valence-electron chi connectivity index (χ4n) is 3.05. The number of amides is 1. The molecule has 0 spiro atoms. The Morgan fingerprint density at radius 1 is 1.32 bits per heavy atom. The van der Waals surface area contributed by atoms with Gasteiger partial charge in [0.2, 0.25) is 5.91 Å². The number of benzene rings is 1. The maximum Gasteiger partial charge on any atom is 0.231 e. The predicted octanol–water partition coefficient (Wildman–Crippen LogP) is 3.02. The number of aryl methyl sites for hydroxylation is 2. The van der Waals surface area contributed by atoms with Gasteiger partial charge in [-0.1, -0.05) is 19.4 Å². The van der Waals surface area contributed by atoms with Gasteiger partial charge in [-0.2, -0.15) is 0 Å². The summed E-state index contributed by atoms with van der Waals surface area (Å²) >= 11 is 0. The van der Waals surface area contributed by atoms with E-state index in [0.29, 0.717) is 0 Å². The van der Waals surface area contributed by atoms with Crippen molar-refractivity contribution in [1.82, 2.24) is 5.32 Å². The highest BCUT2D eigenvalue weighted by Gasteiger charge is 2.40. The molecular formula is C16H24N2O. The molecule has 0 saturated carbocycles. The number of anilines is 1. The molecule has 1 amide bonds. The summed E-state index contributed by atoms with van der Waals surface area (Å²) in [6.45, 7) is 8.01. The molecule has 3 heteroatoms. The number of hydrogen-bond donors (Lipinski definition) is 2. The third-order valence-electron chi connectivity index (χ3n) is 3.93. The van der Waals surface area contributed by atoms with Crippen molar-refractivity contribution >= 4 is 11.6 Å². The normalized spacial score (nSPS) is 22.5. The van der Waals surface area contributed by atoms with Crippen LogP contribution in [0, 0.1) is 19.3 Å². The van der Waals surface area contributed by atoms with Gasteiger partial charge in [-0.25, -0.2) is 0 Å². The maximum atomic E-state index is 12.6. The van der Waals surface area contributed by atoms with E-state index >= 15 is 0 Å². The van der Waals surface area contributed by atoms with Crippen LogP contribution in [0.1, 0.15) is 37.3 Å². The molecule has 1 aliphatic heterocycles. The van der Waals surface area contributed by atoms with Crippen molar-refractivity contribution in [3.05, 3.63) is 29.3 Å². The molecule has 19 heavy (non-hydrogen) atoms. The second-order valence-electron chi connectivity index (χ2n) is 5.79. The summed E-state index contributed by atoms with van der Waals surface area (Å²) < 4.78 is 0. The van der Waals surface area contributed by atoms with Crippen molar-refractivity contribution in [2.75, 3.05) is 18.4 Å². The van der Waals surface area contributed by atoms with E-state index in [0.717, 1.165) is 38.0 Å². The Morgan fingerprint density at radius 3 is 2.53 bits per heavy atom. The SMILES string of the molecule is CCCC1(C(=O)Nc2cc(C)cc(C)c2)CCNC1. The van der Waals surface area contributed by atoms with E-state index < -0.39 is 0 Å². The van der Waals surface area contributed by atoms with Gasteiger partial charge < -0.3 is 10.6 Å². The zero-order valence-electron chi connectivity index (χ0n) is 12.2. The van der Waals surface area contributed by atoms with Crippen molar-refractivity contribution < 1.29 is 4.79 Å². The Kier molecular flexibility index (Phi) is 4.25. The molecule has 2 N–H and O–H groups in total. The standard InChI is InChI=1S/C16H24N2O/c1-4-5-16(6-7-17-11-16)15(19)18-14-9-12(2)8-13(3)10-14/h8-10,17H,4-7,11H2,1-3H3,(H,18,19). The van der Waals surface area contributed by atoms with Crippen molar-refractivity contribution in [2.24, 2.45) is 5.41 Å². The van der Waals surface area contributed by atoms with Crippen LogP contribution in [0.25, 0.3) is 0 Å². The van der Waals surface area contributed by atoms with Crippen molar-refractivity contribution in [3.63, 3.8) is 0 Å². The molecule has 3 nitrogen and oxygen atoms in total. The lowest BCUT2D eigenvalue weighted by Crippen LogP contribution is -2.38. The zero-order chi connectivity index (χ0) is 13.9. The van der Waals surface area contributed by atoms with Gasteiger partial charge in [0.05, 0.1) is 5.41 Å². The molecule has 1 aromatic carbocycles. The van der Waals surface area contributed by atoms with Gasteiger partial charge in [-0.3, -0.25) is 4.79 Å². The smallest absolute Gasteiger partial charge is 0.231 e. The predicted molar refractivity (Wildman–Crippen MR) is 79.4 cm³/mol. The molecule has 0 bridgehead atoms. The van der Waals surface area contributed by atoms with Crippen molar-refractivity contribution in [3.8, 4) is 0 Å². The quantitative estimate of drug-likeness (QED) is 0.873. The minimum atomic E-state index is -0.216. The Bertz CT molecular complexity index is 442. The van der Waals surface area contributed by atoms with E-state index in [1.54, 1.807) is 0 Å². The number of rotatable bonds is 4. The van der Waals surface area contributed by atoms with Gasteiger partial charge in [0.25, 0.3) is 0 Å². The van der Waals surface area contributed by atoms with Crippen LogP contribution < -0.4 is 10.6 Å². The molecule has 0 aromatic heterocycles. The van der Waals surface area contributed by atoms with E-state index in [1.807, 2.05) is 12.1 Å². The van der Waals surface area contributed by atoms with E-state index in [4.69, 9.17) is 0 Å². The summed E-state index contributed by atoms with van der Waals surface area (Å²) in [7, 11) is 0. The van der Waals surface area contributed by atoms with Crippen molar-refractivity contribution in [2.45, 2.75) is 40.0 Å². The van der Waals surface area contributed by atoms with Gasteiger partial charge in [-0.15, -0.1) is 0 Å². The van der Waals surface area contributed by atoms with E-state index in [-0.39, 0.29) is 11.3 Å². The molecule has 1 atom stereocenters. The Balaban J connectivity index is 2.14. The fourth-order valence-corrected chi connectivity index (χ4v) is 3.05. The minimum Gasteiger partial charge on any atom is -0.326 e. The maximum absolute atomic E-state index is 12.6. The molecule has 1 heterocycles. The van der Waals surface area contributed by atoms with Crippen LogP contribution in [0.4, 0.5) is 5.69 Å². The first-order valence-corrected chi connectivity index (χ1v) is 7.16. The largest absolute Gasteiger partial charge is 0.326 e. The molecule has 1 aromatic rings. The lowest BCUT2D eigenvalue weighted by Gasteiger charge is -2.26. The molecule has 1 unspecified atom stereocenters.